The number of phenolic OH excluding ortho intramolecular Hbond substituents is 3. The van der Waals surface area contributed by atoms with Crippen molar-refractivity contribution in [3.63, 3.8) is 0 Å². The van der Waals surface area contributed by atoms with Crippen LogP contribution in [0.3, 0.4) is 0 Å². The lowest BCUT2D eigenvalue weighted by molar-refractivity contribution is 0.365. The highest BCUT2D eigenvalue weighted by Crippen LogP contribution is 2.43. The Kier molecular flexibility index (Phi) is 2.82. The molecule has 0 amide bonds. The van der Waals surface area contributed by atoms with E-state index in [1.807, 2.05) is 6.07 Å². The van der Waals surface area contributed by atoms with E-state index >= 15 is 0 Å². The van der Waals surface area contributed by atoms with E-state index < -0.39 is 22.9 Å². The Labute approximate surface area is 121 Å². The largest absolute Gasteiger partial charge is 0.504 e. The van der Waals surface area contributed by atoms with Crippen molar-refractivity contribution in [1.82, 2.24) is 0 Å². The van der Waals surface area contributed by atoms with Crippen LogP contribution in [0.15, 0.2) is 32.8 Å². The number of nitrogens with zero attached hydrogens (tertiary/aromatic N) is 1. The van der Waals surface area contributed by atoms with Crippen LogP contribution < -0.4 is 5.63 Å². The normalized spacial score (nSPS) is 10.6. The third-order valence-corrected chi connectivity index (χ3v) is 3.89. The number of nitriles is 1. The number of fused-ring (bicyclic) bond motifs is 1. The van der Waals surface area contributed by atoms with Crippen LogP contribution in [0.5, 0.6) is 17.2 Å². The predicted octanol–water partition coefficient (Wildman–Crippen LogP) is 2.51. The summed E-state index contributed by atoms with van der Waals surface area (Å²) in [5.74, 6) is -2.20. The Morgan fingerprint density at radius 2 is 2.00 bits per heavy atom. The second-order valence-corrected chi connectivity index (χ2v) is 5.15. The molecule has 0 aliphatic heterocycles. The van der Waals surface area contributed by atoms with E-state index in [1.54, 1.807) is 17.5 Å². The monoisotopic (exact) mass is 301 g/mol. The molecule has 0 radical (unpaired) electrons. The maximum atomic E-state index is 12.1. The molecule has 2 heterocycles. The van der Waals surface area contributed by atoms with Crippen LogP contribution in [0.2, 0.25) is 0 Å². The van der Waals surface area contributed by atoms with Crippen molar-refractivity contribution in [1.29, 1.82) is 5.26 Å². The van der Waals surface area contributed by atoms with E-state index in [9.17, 15) is 25.4 Å². The van der Waals surface area contributed by atoms with E-state index in [0.717, 1.165) is 6.07 Å². The van der Waals surface area contributed by atoms with Crippen molar-refractivity contribution < 1.29 is 19.7 Å². The van der Waals surface area contributed by atoms with Gasteiger partial charge >= 0.3 is 5.63 Å². The molecule has 0 aliphatic rings. The second-order valence-electron chi connectivity index (χ2n) is 4.20. The van der Waals surface area contributed by atoms with Gasteiger partial charge in [-0.2, -0.15) is 5.26 Å². The molecule has 7 heteroatoms. The highest BCUT2D eigenvalue weighted by Gasteiger charge is 2.22. The van der Waals surface area contributed by atoms with Gasteiger partial charge < -0.3 is 19.7 Å². The molecule has 3 aromatic rings. The standard InChI is InChI=1S/C14H7NO5S/c15-5-7-6-4-8(16)11(17)12(18)13(6)20-14(19)10(7)9-2-1-3-21-9/h1-4,16-18H. The summed E-state index contributed by atoms with van der Waals surface area (Å²) in [5, 5.41) is 39.9. The Bertz CT molecular complexity index is 950. The molecule has 0 saturated heterocycles. The van der Waals surface area contributed by atoms with Crippen molar-refractivity contribution in [2.45, 2.75) is 0 Å². The van der Waals surface area contributed by atoms with Gasteiger partial charge in [0, 0.05) is 10.3 Å². The lowest BCUT2D eigenvalue weighted by Crippen LogP contribution is -2.05. The molecule has 0 atom stereocenters. The Morgan fingerprint density at radius 1 is 1.24 bits per heavy atom. The number of hydrogen-bond acceptors (Lipinski definition) is 7. The third-order valence-electron chi connectivity index (χ3n) is 3.01. The van der Waals surface area contributed by atoms with Crippen LogP contribution in [0.4, 0.5) is 0 Å². The van der Waals surface area contributed by atoms with Crippen LogP contribution in [0, 0.1) is 11.3 Å². The fraction of sp³-hybridized carbons (Fsp3) is 0. The van der Waals surface area contributed by atoms with Crippen molar-refractivity contribution >= 4 is 22.3 Å². The molecular weight excluding hydrogens is 294 g/mol. The van der Waals surface area contributed by atoms with Gasteiger partial charge in [-0.05, 0) is 17.5 Å². The quantitative estimate of drug-likeness (QED) is 0.470. The van der Waals surface area contributed by atoms with Gasteiger partial charge in [-0.3, -0.25) is 0 Å². The van der Waals surface area contributed by atoms with E-state index in [0.29, 0.717) is 4.88 Å². The number of hydrogen-bond donors (Lipinski definition) is 3. The average molecular weight is 301 g/mol. The number of aromatic hydroxyl groups is 3. The van der Waals surface area contributed by atoms with Crippen LogP contribution in [-0.4, -0.2) is 15.3 Å². The number of phenols is 3. The van der Waals surface area contributed by atoms with E-state index in [4.69, 9.17) is 4.42 Å². The van der Waals surface area contributed by atoms with E-state index in [-0.39, 0.29) is 22.1 Å². The molecule has 6 nitrogen and oxygen atoms in total. The molecule has 3 rings (SSSR count). The lowest BCUT2D eigenvalue weighted by atomic mass is 10.0. The average Bonchev–Trinajstić information content (AvgIpc) is 2.98. The highest BCUT2D eigenvalue weighted by molar-refractivity contribution is 7.13. The van der Waals surface area contributed by atoms with E-state index in [2.05, 4.69) is 0 Å². The first kappa shape index (κ1) is 13.0. The van der Waals surface area contributed by atoms with Gasteiger partial charge in [-0.25, -0.2) is 4.79 Å². The van der Waals surface area contributed by atoms with Gasteiger partial charge in [0.05, 0.1) is 11.1 Å². The van der Waals surface area contributed by atoms with Gasteiger partial charge in [-0.15, -0.1) is 11.3 Å². The number of benzene rings is 1. The minimum Gasteiger partial charge on any atom is -0.504 e. The fourth-order valence-corrected chi connectivity index (χ4v) is 2.82. The molecular formula is C14H7NO5S. The summed E-state index contributed by atoms with van der Waals surface area (Å²) < 4.78 is 5.00. The number of thiophene rings is 1. The zero-order valence-corrected chi connectivity index (χ0v) is 11.1. The minimum absolute atomic E-state index is 0.0331. The molecule has 0 fully saturated rings. The van der Waals surface area contributed by atoms with Crippen LogP contribution in [0.25, 0.3) is 21.4 Å². The summed E-state index contributed by atoms with van der Waals surface area (Å²) >= 11 is 1.25. The van der Waals surface area contributed by atoms with Crippen molar-refractivity contribution in [3.05, 3.63) is 39.6 Å². The predicted molar refractivity (Wildman–Crippen MR) is 75.5 cm³/mol. The minimum atomic E-state index is -0.807. The Hall–Kier alpha value is -2.98. The first-order chi connectivity index (χ1) is 10.0. The molecule has 0 unspecified atom stereocenters. The van der Waals surface area contributed by atoms with Crippen LogP contribution >= 0.6 is 11.3 Å². The Balaban J connectivity index is 2.54. The Morgan fingerprint density at radius 3 is 2.62 bits per heavy atom. The second kappa shape index (κ2) is 4.54. The summed E-state index contributed by atoms with van der Waals surface area (Å²) in [6.45, 7) is 0. The van der Waals surface area contributed by atoms with Crippen LogP contribution in [-0.2, 0) is 0 Å². The summed E-state index contributed by atoms with van der Waals surface area (Å²) in [5.41, 5.74) is -1.12. The highest BCUT2D eigenvalue weighted by atomic mass is 32.1. The first-order valence-corrected chi connectivity index (χ1v) is 6.61. The molecule has 21 heavy (non-hydrogen) atoms. The van der Waals surface area contributed by atoms with Gasteiger partial charge in [-0.1, -0.05) is 6.07 Å². The van der Waals surface area contributed by atoms with Gasteiger partial charge in [0.2, 0.25) is 11.5 Å². The fourth-order valence-electron chi connectivity index (χ4n) is 2.06. The molecule has 104 valence electrons. The first-order valence-electron chi connectivity index (χ1n) is 5.73. The molecule has 3 N–H and O–H groups in total. The van der Waals surface area contributed by atoms with Crippen molar-refractivity contribution in [2.75, 3.05) is 0 Å². The summed E-state index contributed by atoms with van der Waals surface area (Å²) in [4.78, 5) is 12.6. The smallest absolute Gasteiger partial charge is 0.346 e. The van der Waals surface area contributed by atoms with Gasteiger partial charge in [0.1, 0.15) is 6.07 Å². The van der Waals surface area contributed by atoms with E-state index in [1.165, 1.54) is 11.3 Å². The number of rotatable bonds is 1. The van der Waals surface area contributed by atoms with Gasteiger partial charge in [0.15, 0.2) is 11.3 Å². The molecule has 2 aromatic heterocycles. The molecule has 0 saturated carbocycles. The maximum absolute atomic E-state index is 12.1. The summed E-state index contributed by atoms with van der Waals surface area (Å²) in [7, 11) is 0. The zero-order chi connectivity index (χ0) is 15.1. The third kappa shape index (κ3) is 1.81. The molecule has 0 bridgehead atoms. The molecule has 0 spiro atoms. The summed E-state index contributed by atoms with van der Waals surface area (Å²) in [6, 6.07) is 6.33. The lowest BCUT2D eigenvalue weighted by Gasteiger charge is -2.08. The molecule has 0 aliphatic carbocycles. The SMILES string of the molecule is N#Cc1c(-c2cccs2)c(=O)oc2c(O)c(O)c(O)cc12. The van der Waals surface area contributed by atoms with Crippen LogP contribution in [0.1, 0.15) is 5.56 Å². The van der Waals surface area contributed by atoms with Gasteiger partial charge in [0.25, 0.3) is 0 Å². The zero-order valence-electron chi connectivity index (χ0n) is 10.3. The summed E-state index contributed by atoms with van der Waals surface area (Å²) in [6.07, 6.45) is 0. The molecule has 1 aromatic carbocycles. The van der Waals surface area contributed by atoms with Crippen molar-refractivity contribution in [3.8, 4) is 33.8 Å². The van der Waals surface area contributed by atoms with Crippen molar-refractivity contribution in [2.24, 2.45) is 0 Å². The maximum Gasteiger partial charge on any atom is 0.346 e. The topological polar surface area (TPSA) is 115 Å².